The quantitative estimate of drug-likeness (QED) is 0.750. The molecule has 0 radical (unpaired) electrons. The van der Waals surface area contributed by atoms with Crippen molar-refractivity contribution in [1.29, 1.82) is 0 Å². The number of amides is 1. The molecular weight excluding hydrogens is 377 g/mol. The van der Waals surface area contributed by atoms with E-state index >= 15 is 0 Å². The summed E-state index contributed by atoms with van der Waals surface area (Å²) in [6.45, 7) is 6.03. The normalized spacial score (nSPS) is 18.0. The predicted molar refractivity (Wildman–Crippen MR) is 105 cm³/mol. The number of hydrogen-bond acceptors (Lipinski definition) is 7. The zero-order valence-electron chi connectivity index (χ0n) is 16.2. The zero-order valence-corrected chi connectivity index (χ0v) is 16.2. The maximum atomic E-state index is 13.0. The van der Waals surface area contributed by atoms with Gasteiger partial charge in [-0.15, -0.1) is 0 Å². The molecule has 0 aliphatic carbocycles. The molecule has 8 nitrogen and oxygen atoms in total. The molecule has 0 saturated carbocycles. The zero-order chi connectivity index (χ0) is 20.1. The summed E-state index contributed by atoms with van der Waals surface area (Å²) in [6.07, 6.45) is 1.64. The van der Waals surface area contributed by atoms with Crippen molar-refractivity contribution in [3.05, 3.63) is 42.3 Å². The summed E-state index contributed by atoms with van der Waals surface area (Å²) in [5, 5.41) is 0. The molecular formula is C20H24FN5O3. The molecule has 2 aliphatic rings. The third-order valence-corrected chi connectivity index (χ3v) is 5.03. The summed E-state index contributed by atoms with van der Waals surface area (Å²) >= 11 is 0. The van der Waals surface area contributed by atoms with Crippen molar-refractivity contribution in [3.63, 3.8) is 0 Å². The van der Waals surface area contributed by atoms with Crippen LogP contribution in [0, 0.1) is 5.82 Å². The fraction of sp³-hybridized carbons (Fsp3) is 0.450. The molecule has 3 heterocycles. The third kappa shape index (κ3) is 5.18. The number of aromatic nitrogens is 2. The molecule has 2 saturated heterocycles. The van der Waals surface area contributed by atoms with E-state index in [0.717, 1.165) is 13.1 Å². The fourth-order valence-electron chi connectivity index (χ4n) is 3.37. The van der Waals surface area contributed by atoms with Gasteiger partial charge in [-0.25, -0.2) is 9.37 Å². The number of benzene rings is 1. The summed E-state index contributed by atoms with van der Waals surface area (Å²) in [6, 6.07) is 7.44. The Bertz CT molecular complexity index is 821. The molecule has 1 amide bonds. The number of morpholine rings is 1. The van der Waals surface area contributed by atoms with Crippen LogP contribution in [0.1, 0.15) is 0 Å². The molecule has 1 aromatic carbocycles. The van der Waals surface area contributed by atoms with Crippen LogP contribution in [-0.4, -0.2) is 84.7 Å². The van der Waals surface area contributed by atoms with E-state index in [1.165, 1.54) is 12.1 Å². The van der Waals surface area contributed by atoms with Gasteiger partial charge in [0.1, 0.15) is 11.6 Å². The van der Waals surface area contributed by atoms with Gasteiger partial charge in [-0.05, 0) is 24.3 Å². The minimum absolute atomic E-state index is 0.154. The number of halogens is 1. The lowest BCUT2D eigenvalue weighted by Crippen LogP contribution is -2.52. The van der Waals surface area contributed by atoms with Crippen molar-refractivity contribution >= 4 is 11.9 Å². The summed E-state index contributed by atoms with van der Waals surface area (Å²) in [4.78, 5) is 27.4. The van der Waals surface area contributed by atoms with E-state index in [2.05, 4.69) is 14.9 Å². The lowest BCUT2D eigenvalue weighted by Gasteiger charge is -2.36. The summed E-state index contributed by atoms with van der Waals surface area (Å²) in [5.41, 5.74) is 0. The van der Waals surface area contributed by atoms with Gasteiger partial charge in [0.15, 0.2) is 0 Å². The first-order chi connectivity index (χ1) is 14.2. The SMILES string of the molecule is O=C(CN1CCOCC1)N1CCN(c2nccc(Oc3ccc(F)cc3)n2)CC1. The van der Waals surface area contributed by atoms with Gasteiger partial charge >= 0.3 is 0 Å². The van der Waals surface area contributed by atoms with Gasteiger partial charge in [0, 0.05) is 51.5 Å². The Labute approximate surface area is 168 Å². The fourth-order valence-corrected chi connectivity index (χ4v) is 3.37. The lowest BCUT2D eigenvalue weighted by atomic mass is 10.3. The first kappa shape index (κ1) is 19.5. The number of carbonyl (C=O) groups is 1. The van der Waals surface area contributed by atoms with Gasteiger partial charge in [0.25, 0.3) is 0 Å². The number of carbonyl (C=O) groups excluding carboxylic acids is 1. The van der Waals surface area contributed by atoms with Crippen LogP contribution in [0.4, 0.5) is 10.3 Å². The van der Waals surface area contributed by atoms with Gasteiger partial charge in [-0.1, -0.05) is 0 Å². The van der Waals surface area contributed by atoms with Gasteiger partial charge in [0.05, 0.1) is 19.8 Å². The lowest BCUT2D eigenvalue weighted by molar-refractivity contribution is -0.133. The van der Waals surface area contributed by atoms with Crippen molar-refractivity contribution in [2.24, 2.45) is 0 Å². The monoisotopic (exact) mass is 401 g/mol. The minimum atomic E-state index is -0.318. The highest BCUT2D eigenvalue weighted by molar-refractivity contribution is 5.78. The standard InChI is InChI=1S/C20H24FN5O3/c21-16-1-3-17(4-2-16)29-18-5-6-22-20(23-18)26-9-7-25(8-10-26)19(27)15-24-11-13-28-14-12-24/h1-6H,7-15H2. The molecule has 9 heteroatoms. The Morgan fingerprint density at radius 3 is 2.48 bits per heavy atom. The summed E-state index contributed by atoms with van der Waals surface area (Å²) < 4.78 is 24.0. The molecule has 4 rings (SSSR count). The second-order valence-corrected chi connectivity index (χ2v) is 7.01. The van der Waals surface area contributed by atoms with Gasteiger partial charge in [-0.3, -0.25) is 9.69 Å². The molecule has 1 aromatic heterocycles. The summed E-state index contributed by atoms with van der Waals surface area (Å²) in [7, 11) is 0. The third-order valence-electron chi connectivity index (χ3n) is 5.03. The molecule has 0 atom stereocenters. The largest absolute Gasteiger partial charge is 0.439 e. The first-order valence-corrected chi connectivity index (χ1v) is 9.77. The number of nitrogens with zero attached hydrogens (tertiary/aromatic N) is 5. The minimum Gasteiger partial charge on any atom is -0.439 e. The highest BCUT2D eigenvalue weighted by Crippen LogP contribution is 2.21. The molecule has 2 aromatic rings. The number of piperazine rings is 1. The topological polar surface area (TPSA) is 71.0 Å². The number of hydrogen-bond donors (Lipinski definition) is 0. The Morgan fingerprint density at radius 1 is 1.03 bits per heavy atom. The average molecular weight is 401 g/mol. The van der Waals surface area contributed by atoms with Gasteiger partial charge < -0.3 is 19.3 Å². The number of ether oxygens (including phenoxy) is 2. The van der Waals surface area contributed by atoms with Gasteiger partial charge in [-0.2, -0.15) is 4.98 Å². The van der Waals surface area contributed by atoms with Gasteiger partial charge in [0.2, 0.25) is 17.7 Å². The first-order valence-electron chi connectivity index (χ1n) is 9.77. The maximum absolute atomic E-state index is 13.0. The van der Waals surface area contributed by atoms with Crippen LogP contribution in [0.15, 0.2) is 36.5 Å². The van der Waals surface area contributed by atoms with E-state index in [1.807, 2.05) is 9.80 Å². The predicted octanol–water partition coefficient (Wildman–Crippen LogP) is 1.39. The Hall–Kier alpha value is -2.78. The van der Waals surface area contributed by atoms with E-state index in [0.29, 0.717) is 63.5 Å². The van der Waals surface area contributed by atoms with E-state index in [-0.39, 0.29) is 11.7 Å². The molecule has 2 fully saturated rings. The smallest absolute Gasteiger partial charge is 0.236 e. The van der Waals surface area contributed by atoms with Crippen LogP contribution in [0.3, 0.4) is 0 Å². The van der Waals surface area contributed by atoms with Crippen LogP contribution in [-0.2, 0) is 9.53 Å². The molecule has 29 heavy (non-hydrogen) atoms. The van der Waals surface area contributed by atoms with Crippen LogP contribution in [0.25, 0.3) is 0 Å². The highest BCUT2D eigenvalue weighted by atomic mass is 19.1. The van der Waals surface area contributed by atoms with Crippen LogP contribution in [0.5, 0.6) is 11.6 Å². The van der Waals surface area contributed by atoms with E-state index in [1.54, 1.807) is 24.4 Å². The maximum Gasteiger partial charge on any atom is 0.236 e. The Morgan fingerprint density at radius 2 is 1.76 bits per heavy atom. The molecule has 0 unspecified atom stereocenters. The van der Waals surface area contributed by atoms with Crippen molar-refractivity contribution in [1.82, 2.24) is 19.8 Å². The van der Waals surface area contributed by atoms with Crippen LogP contribution < -0.4 is 9.64 Å². The molecule has 0 bridgehead atoms. The van der Waals surface area contributed by atoms with Crippen molar-refractivity contribution < 1.29 is 18.7 Å². The second-order valence-electron chi connectivity index (χ2n) is 7.01. The molecule has 0 N–H and O–H groups in total. The Kier molecular flexibility index (Phi) is 6.16. The van der Waals surface area contributed by atoms with E-state index in [9.17, 15) is 9.18 Å². The number of rotatable bonds is 5. The molecule has 154 valence electrons. The number of anilines is 1. The van der Waals surface area contributed by atoms with E-state index < -0.39 is 0 Å². The van der Waals surface area contributed by atoms with Crippen molar-refractivity contribution in [2.45, 2.75) is 0 Å². The van der Waals surface area contributed by atoms with Crippen molar-refractivity contribution in [2.75, 3.05) is 63.9 Å². The summed E-state index contributed by atoms with van der Waals surface area (Å²) in [5.74, 6) is 1.30. The average Bonchev–Trinajstić information content (AvgIpc) is 2.76. The Balaban J connectivity index is 1.31. The molecule has 2 aliphatic heterocycles. The highest BCUT2D eigenvalue weighted by Gasteiger charge is 2.24. The van der Waals surface area contributed by atoms with Crippen LogP contribution in [0.2, 0.25) is 0 Å². The van der Waals surface area contributed by atoms with Crippen molar-refractivity contribution in [3.8, 4) is 11.6 Å². The molecule has 0 spiro atoms. The van der Waals surface area contributed by atoms with E-state index in [4.69, 9.17) is 9.47 Å². The second kappa shape index (κ2) is 9.15. The van der Waals surface area contributed by atoms with Crippen LogP contribution >= 0.6 is 0 Å².